The molecular weight excluding hydrogens is 546 g/mol. The van der Waals surface area contributed by atoms with Crippen LogP contribution in [0.25, 0.3) is 94.1 Å². The summed E-state index contributed by atoms with van der Waals surface area (Å²) in [7, 11) is 0. The molecule has 0 spiro atoms. The SMILES string of the molecule is c1ccc(-n2c3ccccc3c3ccc(-c4ccc5cc(-c6nc7c8c(cccc8n6)-c6ccccc6-7)ccc5c4)cc32)cc1. The average Bonchev–Trinajstić information content (AvgIpc) is 3.61. The zero-order valence-electron chi connectivity index (χ0n) is 24.3. The summed E-state index contributed by atoms with van der Waals surface area (Å²) in [4.78, 5) is 10.2. The molecule has 9 aromatic rings. The van der Waals surface area contributed by atoms with Gasteiger partial charge in [-0.2, -0.15) is 0 Å². The van der Waals surface area contributed by atoms with E-state index in [0.29, 0.717) is 0 Å². The highest BCUT2D eigenvalue weighted by Gasteiger charge is 2.24. The zero-order chi connectivity index (χ0) is 29.5. The smallest absolute Gasteiger partial charge is 0.160 e. The van der Waals surface area contributed by atoms with Gasteiger partial charge in [0.25, 0.3) is 0 Å². The summed E-state index contributed by atoms with van der Waals surface area (Å²) in [6.45, 7) is 0. The summed E-state index contributed by atoms with van der Waals surface area (Å²) in [5.74, 6) is 0.761. The largest absolute Gasteiger partial charge is 0.309 e. The van der Waals surface area contributed by atoms with Gasteiger partial charge in [0.05, 0.1) is 22.2 Å². The maximum atomic E-state index is 5.12. The van der Waals surface area contributed by atoms with Gasteiger partial charge in [0.2, 0.25) is 0 Å². The molecule has 45 heavy (non-hydrogen) atoms. The lowest BCUT2D eigenvalue weighted by atomic mass is 9.98. The molecule has 3 nitrogen and oxygen atoms in total. The third kappa shape index (κ3) is 3.58. The highest BCUT2D eigenvalue weighted by molar-refractivity contribution is 6.13. The van der Waals surface area contributed by atoms with E-state index in [-0.39, 0.29) is 0 Å². The zero-order valence-corrected chi connectivity index (χ0v) is 24.3. The third-order valence-corrected chi connectivity index (χ3v) is 9.32. The Bertz CT molecular complexity index is 2650. The molecule has 208 valence electrons. The Labute approximate surface area is 259 Å². The molecule has 1 aliphatic rings. The molecule has 0 radical (unpaired) electrons. The van der Waals surface area contributed by atoms with E-state index in [1.165, 1.54) is 66.1 Å². The van der Waals surface area contributed by atoms with Gasteiger partial charge in [0.1, 0.15) is 0 Å². The lowest BCUT2D eigenvalue weighted by Crippen LogP contribution is -1.93. The van der Waals surface area contributed by atoms with Crippen LogP contribution in [0.2, 0.25) is 0 Å². The highest BCUT2D eigenvalue weighted by Crippen LogP contribution is 2.46. The van der Waals surface area contributed by atoms with Crippen LogP contribution in [0.3, 0.4) is 0 Å². The van der Waals surface area contributed by atoms with Crippen molar-refractivity contribution in [2.45, 2.75) is 0 Å². The minimum Gasteiger partial charge on any atom is -0.309 e. The van der Waals surface area contributed by atoms with Crippen molar-refractivity contribution in [3.8, 4) is 50.6 Å². The monoisotopic (exact) mass is 571 g/mol. The van der Waals surface area contributed by atoms with Crippen molar-refractivity contribution < 1.29 is 0 Å². The van der Waals surface area contributed by atoms with Crippen LogP contribution in [-0.4, -0.2) is 14.5 Å². The van der Waals surface area contributed by atoms with Crippen molar-refractivity contribution in [2.24, 2.45) is 0 Å². The van der Waals surface area contributed by atoms with E-state index < -0.39 is 0 Å². The van der Waals surface area contributed by atoms with Gasteiger partial charge < -0.3 is 4.57 Å². The number of aromatic nitrogens is 3. The first-order chi connectivity index (χ1) is 22.3. The minimum absolute atomic E-state index is 0.761. The topological polar surface area (TPSA) is 30.7 Å². The fourth-order valence-corrected chi connectivity index (χ4v) is 7.23. The Balaban J connectivity index is 1.08. The lowest BCUT2D eigenvalue weighted by Gasteiger charge is -2.10. The van der Waals surface area contributed by atoms with Crippen LogP contribution in [0.1, 0.15) is 0 Å². The second-order valence-electron chi connectivity index (χ2n) is 11.8. The summed E-state index contributed by atoms with van der Waals surface area (Å²) in [5, 5.41) is 6.04. The Morgan fingerprint density at radius 2 is 1.09 bits per heavy atom. The van der Waals surface area contributed by atoms with E-state index in [1.54, 1.807) is 0 Å². The van der Waals surface area contributed by atoms with Gasteiger partial charge >= 0.3 is 0 Å². The number of fused-ring (bicyclic) bond motifs is 7. The fraction of sp³-hybridized carbons (Fsp3) is 0. The standard InChI is InChI=1S/C42H25N3/c1-2-9-31(10-3-1)45-38-16-7-6-12-33(38)34-22-21-29(25-39(34)45)27-17-18-28-24-30(20-19-26(28)23-27)42-43-37-15-8-14-35-32-11-4-5-13-36(32)41(44-42)40(35)37/h1-25H. The summed E-state index contributed by atoms with van der Waals surface area (Å²) in [6, 6.07) is 54.3. The number of hydrogen-bond donors (Lipinski definition) is 0. The molecule has 0 saturated heterocycles. The maximum absolute atomic E-state index is 5.12. The second kappa shape index (κ2) is 9.22. The molecule has 0 saturated carbocycles. The summed E-state index contributed by atoms with van der Waals surface area (Å²) in [5.41, 5.74) is 12.7. The molecule has 2 heterocycles. The van der Waals surface area contributed by atoms with Crippen molar-refractivity contribution in [3.05, 3.63) is 152 Å². The maximum Gasteiger partial charge on any atom is 0.160 e. The predicted molar refractivity (Wildman–Crippen MR) is 187 cm³/mol. The van der Waals surface area contributed by atoms with Gasteiger partial charge in [-0.05, 0) is 75.5 Å². The Morgan fingerprint density at radius 3 is 1.98 bits per heavy atom. The fourth-order valence-electron chi connectivity index (χ4n) is 7.23. The minimum atomic E-state index is 0.761. The number of hydrogen-bond acceptors (Lipinski definition) is 2. The molecule has 7 aromatic carbocycles. The van der Waals surface area contributed by atoms with Gasteiger partial charge in [-0.1, -0.05) is 109 Å². The van der Waals surface area contributed by atoms with Crippen molar-refractivity contribution in [2.75, 3.05) is 0 Å². The van der Waals surface area contributed by atoms with Gasteiger partial charge in [0, 0.05) is 33.0 Å². The van der Waals surface area contributed by atoms with Crippen LogP contribution >= 0.6 is 0 Å². The first-order valence-electron chi connectivity index (χ1n) is 15.3. The molecule has 0 bridgehead atoms. The van der Waals surface area contributed by atoms with Crippen molar-refractivity contribution >= 4 is 43.5 Å². The molecular formula is C42H25N3. The molecule has 0 fully saturated rings. The Kier molecular flexibility index (Phi) is 5.00. The summed E-state index contributed by atoms with van der Waals surface area (Å²) >= 11 is 0. The van der Waals surface area contributed by atoms with E-state index in [4.69, 9.17) is 9.97 Å². The van der Waals surface area contributed by atoms with Gasteiger partial charge in [0.15, 0.2) is 5.82 Å². The molecule has 0 amide bonds. The third-order valence-electron chi connectivity index (χ3n) is 9.32. The van der Waals surface area contributed by atoms with E-state index in [9.17, 15) is 0 Å². The average molecular weight is 572 g/mol. The normalized spacial score (nSPS) is 12.0. The van der Waals surface area contributed by atoms with Gasteiger partial charge in [-0.25, -0.2) is 9.97 Å². The number of nitrogens with zero attached hydrogens (tertiary/aromatic N) is 3. The number of para-hydroxylation sites is 2. The molecule has 0 N–H and O–H groups in total. The van der Waals surface area contributed by atoms with Crippen LogP contribution in [0.15, 0.2) is 152 Å². The second-order valence-corrected chi connectivity index (χ2v) is 11.8. The quantitative estimate of drug-likeness (QED) is 0.211. The van der Waals surface area contributed by atoms with Crippen LogP contribution in [-0.2, 0) is 0 Å². The van der Waals surface area contributed by atoms with Crippen molar-refractivity contribution in [3.63, 3.8) is 0 Å². The number of rotatable bonds is 3. The molecule has 0 aliphatic heterocycles. The van der Waals surface area contributed by atoms with E-state index in [1.807, 2.05) is 0 Å². The van der Waals surface area contributed by atoms with Crippen LogP contribution in [0, 0.1) is 0 Å². The van der Waals surface area contributed by atoms with Gasteiger partial charge in [-0.15, -0.1) is 0 Å². The molecule has 0 unspecified atom stereocenters. The van der Waals surface area contributed by atoms with Gasteiger partial charge in [-0.3, -0.25) is 0 Å². The van der Waals surface area contributed by atoms with Crippen LogP contribution in [0.4, 0.5) is 0 Å². The molecule has 10 rings (SSSR count). The Morgan fingerprint density at radius 1 is 0.422 bits per heavy atom. The Hall–Kier alpha value is -6.06. The first kappa shape index (κ1) is 24.4. The highest BCUT2D eigenvalue weighted by atomic mass is 15.0. The molecule has 0 atom stereocenters. The van der Waals surface area contributed by atoms with E-state index in [2.05, 4.69) is 156 Å². The lowest BCUT2D eigenvalue weighted by molar-refractivity contribution is 1.18. The summed E-state index contributed by atoms with van der Waals surface area (Å²) in [6.07, 6.45) is 0. The molecule has 1 aliphatic carbocycles. The van der Waals surface area contributed by atoms with Crippen LogP contribution < -0.4 is 0 Å². The predicted octanol–water partition coefficient (Wildman–Crippen LogP) is 10.9. The van der Waals surface area contributed by atoms with E-state index in [0.717, 1.165) is 28.0 Å². The van der Waals surface area contributed by atoms with Crippen molar-refractivity contribution in [1.29, 1.82) is 0 Å². The number of benzene rings is 7. The van der Waals surface area contributed by atoms with E-state index >= 15 is 0 Å². The van der Waals surface area contributed by atoms with Crippen molar-refractivity contribution in [1.82, 2.24) is 14.5 Å². The summed E-state index contributed by atoms with van der Waals surface area (Å²) < 4.78 is 2.37. The first-order valence-corrected chi connectivity index (χ1v) is 15.3. The molecule has 2 aromatic heterocycles. The van der Waals surface area contributed by atoms with Crippen LogP contribution in [0.5, 0.6) is 0 Å². The molecule has 3 heteroatoms.